The molecule has 1 amide bonds. The zero-order valence-corrected chi connectivity index (χ0v) is 22.7. The highest BCUT2D eigenvalue weighted by Crippen LogP contribution is 2.35. The van der Waals surface area contributed by atoms with Crippen LogP contribution in [0, 0.1) is 12.8 Å². The SMILES string of the molecule is Cc1ccc(C(=O)N(C2CCNCC2)[C@@H](c2nc(-c3ccccc3)cn2Cc2ccccc2)C(C)C)cc1. The number of carbonyl (C=O) groups excluding carboxylic acids is 1. The smallest absolute Gasteiger partial charge is 0.254 e. The molecule has 0 bridgehead atoms. The summed E-state index contributed by atoms with van der Waals surface area (Å²) in [6.45, 7) is 9.02. The molecule has 1 aliphatic heterocycles. The van der Waals surface area contributed by atoms with E-state index in [1.54, 1.807) is 0 Å². The van der Waals surface area contributed by atoms with Crippen molar-refractivity contribution >= 4 is 5.91 Å². The first-order valence-electron chi connectivity index (χ1n) is 13.8. The van der Waals surface area contributed by atoms with Gasteiger partial charge in [-0.05, 0) is 56.5 Å². The number of amides is 1. The summed E-state index contributed by atoms with van der Waals surface area (Å²) in [5.41, 5.74) is 5.13. The summed E-state index contributed by atoms with van der Waals surface area (Å²) in [4.78, 5) is 21.7. The number of hydrogen-bond donors (Lipinski definition) is 1. The van der Waals surface area contributed by atoms with Crippen LogP contribution in [0.2, 0.25) is 0 Å². The Morgan fingerprint density at radius 3 is 2.21 bits per heavy atom. The summed E-state index contributed by atoms with van der Waals surface area (Å²) in [6, 6.07) is 28.8. The third kappa shape index (κ3) is 5.73. The van der Waals surface area contributed by atoms with Gasteiger partial charge in [0.05, 0.1) is 11.7 Å². The number of benzene rings is 3. The van der Waals surface area contributed by atoms with Gasteiger partial charge >= 0.3 is 0 Å². The zero-order valence-electron chi connectivity index (χ0n) is 22.7. The first kappa shape index (κ1) is 25.9. The van der Waals surface area contributed by atoms with Crippen molar-refractivity contribution in [1.82, 2.24) is 19.8 Å². The van der Waals surface area contributed by atoms with Gasteiger partial charge in [-0.1, -0.05) is 92.2 Å². The average molecular weight is 507 g/mol. The van der Waals surface area contributed by atoms with Crippen molar-refractivity contribution in [3.8, 4) is 11.3 Å². The molecular formula is C33H38N4O. The van der Waals surface area contributed by atoms with E-state index in [9.17, 15) is 4.79 Å². The minimum atomic E-state index is -0.159. The molecule has 1 atom stereocenters. The summed E-state index contributed by atoms with van der Waals surface area (Å²) in [7, 11) is 0. The number of hydrogen-bond acceptors (Lipinski definition) is 3. The van der Waals surface area contributed by atoms with E-state index in [0.717, 1.165) is 54.1 Å². The molecule has 0 radical (unpaired) electrons. The lowest BCUT2D eigenvalue weighted by atomic mass is 9.94. The summed E-state index contributed by atoms with van der Waals surface area (Å²) >= 11 is 0. The molecule has 1 aromatic heterocycles. The Balaban J connectivity index is 1.63. The molecule has 5 heteroatoms. The van der Waals surface area contributed by atoms with E-state index >= 15 is 0 Å². The zero-order chi connectivity index (χ0) is 26.5. The molecule has 2 heterocycles. The van der Waals surface area contributed by atoms with E-state index in [2.05, 4.69) is 78.2 Å². The first-order valence-corrected chi connectivity index (χ1v) is 13.8. The molecule has 0 aliphatic carbocycles. The van der Waals surface area contributed by atoms with Crippen molar-refractivity contribution in [1.29, 1.82) is 0 Å². The lowest BCUT2D eigenvalue weighted by molar-refractivity contribution is 0.0419. The molecule has 0 spiro atoms. The predicted molar refractivity (Wildman–Crippen MR) is 154 cm³/mol. The molecule has 4 aromatic rings. The monoisotopic (exact) mass is 506 g/mol. The highest BCUT2D eigenvalue weighted by molar-refractivity contribution is 5.94. The highest BCUT2D eigenvalue weighted by Gasteiger charge is 2.37. The van der Waals surface area contributed by atoms with Gasteiger partial charge in [-0.2, -0.15) is 0 Å². The fourth-order valence-corrected chi connectivity index (χ4v) is 5.51. The number of nitrogens with one attached hydrogen (secondary N) is 1. The quantitative estimate of drug-likeness (QED) is 0.297. The van der Waals surface area contributed by atoms with Crippen LogP contribution >= 0.6 is 0 Å². The van der Waals surface area contributed by atoms with Crippen molar-refractivity contribution in [2.75, 3.05) is 13.1 Å². The summed E-state index contributed by atoms with van der Waals surface area (Å²) in [6.07, 6.45) is 4.03. The molecule has 1 N–H and O–H groups in total. The van der Waals surface area contributed by atoms with Gasteiger partial charge in [-0.3, -0.25) is 4.79 Å². The number of carbonyl (C=O) groups is 1. The first-order chi connectivity index (χ1) is 18.5. The van der Waals surface area contributed by atoms with Crippen LogP contribution < -0.4 is 5.32 Å². The van der Waals surface area contributed by atoms with Crippen LogP contribution in [0.5, 0.6) is 0 Å². The van der Waals surface area contributed by atoms with E-state index in [1.165, 1.54) is 5.56 Å². The van der Waals surface area contributed by atoms with Crippen molar-refractivity contribution in [3.05, 3.63) is 114 Å². The minimum Gasteiger partial charge on any atom is -0.328 e. The van der Waals surface area contributed by atoms with E-state index in [4.69, 9.17) is 4.98 Å². The topological polar surface area (TPSA) is 50.2 Å². The van der Waals surface area contributed by atoms with Crippen LogP contribution in [0.4, 0.5) is 0 Å². The maximum absolute atomic E-state index is 14.3. The van der Waals surface area contributed by atoms with Crippen molar-refractivity contribution in [3.63, 3.8) is 0 Å². The van der Waals surface area contributed by atoms with E-state index in [0.29, 0.717) is 6.54 Å². The lowest BCUT2D eigenvalue weighted by Gasteiger charge is -2.42. The number of aryl methyl sites for hydroxylation is 1. The molecule has 1 fully saturated rings. The molecule has 1 aliphatic rings. The van der Waals surface area contributed by atoms with Crippen molar-refractivity contribution < 1.29 is 4.79 Å². The van der Waals surface area contributed by atoms with Gasteiger partial charge < -0.3 is 14.8 Å². The Bertz CT molecular complexity index is 1320. The molecule has 3 aromatic carbocycles. The van der Waals surface area contributed by atoms with E-state index in [-0.39, 0.29) is 23.9 Å². The Kier molecular flexibility index (Phi) is 8.04. The fourth-order valence-electron chi connectivity index (χ4n) is 5.51. The van der Waals surface area contributed by atoms with Crippen LogP contribution in [0.1, 0.15) is 60.0 Å². The standard InChI is InChI=1S/C33H38N4O/c1-24(2)31(37(29-18-20-34-21-19-29)33(38)28-16-14-25(3)15-17-28)32-35-30(27-12-8-5-9-13-27)23-36(32)22-26-10-6-4-7-11-26/h4-17,23-24,29,31,34H,18-22H2,1-3H3/t31-/m1/s1. The predicted octanol–water partition coefficient (Wildman–Crippen LogP) is 6.50. The Morgan fingerprint density at radius 1 is 0.947 bits per heavy atom. The lowest BCUT2D eigenvalue weighted by Crippen LogP contribution is -2.49. The van der Waals surface area contributed by atoms with Gasteiger partial charge in [-0.25, -0.2) is 4.98 Å². The fraction of sp³-hybridized carbons (Fsp3) is 0.333. The van der Waals surface area contributed by atoms with Crippen LogP contribution in [0.3, 0.4) is 0 Å². The van der Waals surface area contributed by atoms with Gasteiger partial charge in [0.15, 0.2) is 0 Å². The molecule has 5 nitrogen and oxygen atoms in total. The van der Waals surface area contributed by atoms with E-state index in [1.807, 2.05) is 48.5 Å². The normalized spacial score (nSPS) is 14.9. The Labute approximate surface area is 226 Å². The van der Waals surface area contributed by atoms with Crippen molar-refractivity contribution in [2.24, 2.45) is 5.92 Å². The van der Waals surface area contributed by atoms with Crippen molar-refractivity contribution in [2.45, 2.75) is 52.2 Å². The van der Waals surface area contributed by atoms with Gasteiger partial charge in [0.2, 0.25) is 0 Å². The number of aromatic nitrogens is 2. The molecule has 0 saturated carbocycles. The Hall–Kier alpha value is -3.70. The minimum absolute atomic E-state index is 0.0890. The number of nitrogens with zero attached hydrogens (tertiary/aromatic N) is 3. The molecule has 196 valence electrons. The van der Waals surface area contributed by atoms with Gasteiger partial charge in [0.25, 0.3) is 5.91 Å². The number of rotatable bonds is 8. The third-order valence-corrected chi connectivity index (χ3v) is 7.50. The van der Waals surface area contributed by atoms with Crippen LogP contribution in [-0.2, 0) is 6.54 Å². The van der Waals surface area contributed by atoms with Crippen LogP contribution in [-0.4, -0.2) is 39.5 Å². The summed E-state index contributed by atoms with van der Waals surface area (Å²) < 4.78 is 2.26. The summed E-state index contributed by atoms with van der Waals surface area (Å²) in [5, 5.41) is 3.47. The second kappa shape index (κ2) is 11.8. The van der Waals surface area contributed by atoms with Gasteiger partial charge in [0, 0.05) is 29.9 Å². The molecular weight excluding hydrogens is 468 g/mol. The molecule has 38 heavy (non-hydrogen) atoms. The maximum atomic E-state index is 14.3. The molecule has 1 saturated heterocycles. The van der Waals surface area contributed by atoms with Crippen LogP contribution in [0.25, 0.3) is 11.3 Å². The Morgan fingerprint density at radius 2 is 1.58 bits per heavy atom. The van der Waals surface area contributed by atoms with Crippen LogP contribution in [0.15, 0.2) is 91.1 Å². The number of imidazole rings is 1. The second-order valence-electron chi connectivity index (χ2n) is 10.7. The van der Waals surface area contributed by atoms with Gasteiger partial charge in [-0.15, -0.1) is 0 Å². The summed E-state index contributed by atoms with van der Waals surface area (Å²) in [5.74, 6) is 1.22. The largest absolute Gasteiger partial charge is 0.328 e. The third-order valence-electron chi connectivity index (χ3n) is 7.50. The van der Waals surface area contributed by atoms with Gasteiger partial charge in [0.1, 0.15) is 5.82 Å². The number of piperidine rings is 1. The maximum Gasteiger partial charge on any atom is 0.254 e. The van der Waals surface area contributed by atoms with E-state index < -0.39 is 0 Å². The molecule has 0 unspecified atom stereocenters. The average Bonchev–Trinajstić information content (AvgIpc) is 3.36. The second-order valence-corrected chi connectivity index (χ2v) is 10.7. The highest BCUT2D eigenvalue weighted by atomic mass is 16.2. The molecule has 5 rings (SSSR count).